The normalized spacial score (nSPS) is 10.8. The number of ketones is 1. The van der Waals surface area contributed by atoms with Crippen LogP contribution in [-0.4, -0.2) is 14.9 Å². The third kappa shape index (κ3) is 3.17. The van der Waals surface area contributed by atoms with E-state index >= 15 is 0 Å². The van der Waals surface area contributed by atoms with E-state index in [0.717, 1.165) is 0 Å². The van der Waals surface area contributed by atoms with Crippen LogP contribution in [0.1, 0.15) is 0 Å². The topological polar surface area (TPSA) is 17.1 Å². The number of carbonyl (C=O) groups is 1. The second-order valence-corrected chi connectivity index (χ2v) is 4.03. The molecule has 0 radical (unpaired) electrons. The van der Waals surface area contributed by atoms with Crippen molar-refractivity contribution >= 4 is 56.3 Å². The molecule has 48 valence electrons. The van der Waals surface area contributed by atoms with Crippen molar-refractivity contribution in [2.24, 2.45) is 0 Å². The van der Waals surface area contributed by atoms with Crippen molar-refractivity contribution in [1.29, 1.82) is 0 Å². The molecule has 5 heteroatoms. The molecule has 0 amide bonds. The van der Waals surface area contributed by atoms with Crippen LogP contribution < -0.4 is 0 Å². The molecule has 0 aromatic rings. The Morgan fingerprint density at radius 3 is 1.25 bits per heavy atom. The Labute approximate surface area is 70.3 Å². The fraction of sp³-hybridized carbons (Fsp3) is 0.667. The molecule has 0 rings (SSSR count). The molecule has 0 saturated heterocycles. The lowest BCUT2D eigenvalue weighted by Gasteiger charge is -2.02. The summed E-state index contributed by atoms with van der Waals surface area (Å²) in [5.74, 6) is -0.191. The fourth-order valence-corrected chi connectivity index (χ4v) is 1.20. The predicted molar refractivity (Wildman–Crippen MR) is 48.5 cm³/mol. The van der Waals surface area contributed by atoms with Crippen molar-refractivity contribution in [2.75, 3.05) is 0 Å². The quantitative estimate of drug-likeness (QED) is 0.373. The summed E-state index contributed by atoms with van der Waals surface area (Å²) < 4.78 is -1.12. The highest BCUT2D eigenvalue weighted by Gasteiger charge is 2.13. The highest BCUT2D eigenvalue weighted by molar-refractivity contribution is 8.03. The van der Waals surface area contributed by atoms with E-state index in [-0.39, 0.29) is 5.78 Å². The zero-order chi connectivity index (χ0) is 6.73. The van der Waals surface area contributed by atoms with Gasteiger partial charge in [0.2, 0.25) is 0 Å². The van der Waals surface area contributed by atoms with Gasteiger partial charge in [-0.1, -0.05) is 0 Å². The molecule has 0 saturated carbocycles. The maximum Gasteiger partial charge on any atom is 0.177 e. The van der Waals surface area contributed by atoms with E-state index in [1.54, 1.807) is 0 Å². The van der Waals surface area contributed by atoms with Crippen LogP contribution >= 0.6 is 50.5 Å². The Morgan fingerprint density at radius 1 is 1.00 bits per heavy atom. The second kappa shape index (κ2) is 3.98. The standard InChI is InChI=1S/C3H6OS4/c4-1(2(5)6)3(7)8/h2-3,5-8H. The van der Waals surface area contributed by atoms with Crippen molar-refractivity contribution in [3.05, 3.63) is 0 Å². The summed E-state index contributed by atoms with van der Waals surface area (Å²) in [5.41, 5.74) is 0. The maximum atomic E-state index is 10.5. The van der Waals surface area contributed by atoms with Gasteiger partial charge in [-0.05, 0) is 0 Å². The molecule has 0 aromatic heterocycles. The first-order valence-corrected chi connectivity index (χ1v) is 3.88. The first-order valence-electron chi connectivity index (χ1n) is 1.81. The summed E-state index contributed by atoms with van der Waals surface area (Å²) in [4.78, 5) is 10.5. The first kappa shape index (κ1) is 9.07. The van der Waals surface area contributed by atoms with Gasteiger partial charge in [-0.2, -0.15) is 50.5 Å². The van der Waals surface area contributed by atoms with Crippen LogP contribution in [0.15, 0.2) is 0 Å². The Kier molecular flexibility index (Phi) is 4.51. The molecule has 0 aliphatic heterocycles. The average molecular weight is 186 g/mol. The molecule has 0 N–H and O–H groups in total. The molecule has 0 aromatic carbocycles. The van der Waals surface area contributed by atoms with Crippen LogP contribution in [0, 0.1) is 0 Å². The monoisotopic (exact) mass is 186 g/mol. The largest absolute Gasteiger partial charge is 0.295 e. The predicted octanol–water partition coefficient (Wildman–Crippen LogP) is 0.927. The van der Waals surface area contributed by atoms with Gasteiger partial charge in [0.05, 0.1) is 0 Å². The van der Waals surface area contributed by atoms with Gasteiger partial charge in [0, 0.05) is 0 Å². The minimum Gasteiger partial charge on any atom is -0.295 e. The molecule has 0 spiro atoms. The van der Waals surface area contributed by atoms with Gasteiger partial charge in [0.25, 0.3) is 0 Å². The van der Waals surface area contributed by atoms with Gasteiger partial charge in [-0.3, -0.25) is 4.79 Å². The van der Waals surface area contributed by atoms with Crippen molar-refractivity contribution < 1.29 is 4.79 Å². The number of Topliss-reactive ketones (excluding diaryl/α,β-unsaturated/α-hetero) is 1. The number of rotatable bonds is 2. The van der Waals surface area contributed by atoms with E-state index in [1.807, 2.05) is 0 Å². The summed E-state index contributed by atoms with van der Waals surface area (Å²) in [7, 11) is 0. The maximum absolute atomic E-state index is 10.5. The lowest BCUT2D eigenvalue weighted by atomic mass is 10.5. The third-order valence-electron chi connectivity index (χ3n) is 0.509. The van der Waals surface area contributed by atoms with Gasteiger partial charge < -0.3 is 0 Å². The molecule has 0 aliphatic rings. The smallest absolute Gasteiger partial charge is 0.177 e. The summed E-state index contributed by atoms with van der Waals surface area (Å²) >= 11 is 15.0. The summed E-state index contributed by atoms with van der Waals surface area (Å²) in [6.45, 7) is 0. The Hall–Kier alpha value is 1.07. The molecule has 0 fully saturated rings. The highest BCUT2D eigenvalue weighted by Crippen LogP contribution is 2.10. The van der Waals surface area contributed by atoms with Crippen LogP contribution in [0.3, 0.4) is 0 Å². The van der Waals surface area contributed by atoms with E-state index < -0.39 is 9.16 Å². The van der Waals surface area contributed by atoms with Gasteiger partial charge in [-0.15, -0.1) is 0 Å². The zero-order valence-electron chi connectivity index (χ0n) is 3.85. The van der Waals surface area contributed by atoms with Crippen molar-refractivity contribution in [3.8, 4) is 0 Å². The van der Waals surface area contributed by atoms with Crippen molar-refractivity contribution in [1.82, 2.24) is 0 Å². The van der Waals surface area contributed by atoms with Crippen LogP contribution in [-0.2, 0) is 4.79 Å². The van der Waals surface area contributed by atoms with Gasteiger partial charge in [0.1, 0.15) is 9.16 Å². The van der Waals surface area contributed by atoms with Gasteiger partial charge in [0.15, 0.2) is 5.78 Å². The Bertz CT molecular complexity index is 79.3. The molecule has 0 bridgehead atoms. The van der Waals surface area contributed by atoms with Gasteiger partial charge >= 0.3 is 0 Å². The van der Waals surface area contributed by atoms with E-state index in [0.29, 0.717) is 0 Å². The van der Waals surface area contributed by atoms with Crippen LogP contribution in [0.25, 0.3) is 0 Å². The Morgan fingerprint density at radius 2 is 1.25 bits per heavy atom. The highest BCUT2D eigenvalue weighted by atomic mass is 32.2. The lowest BCUT2D eigenvalue weighted by Crippen LogP contribution is -2.15. The van der Waals surface area contributed by atoms with Crippen molar-refractivity contribution in [2.45, 2.75) is 9.16 Å². The zero-order valence-corrected chi connectivity index (χ0v) is 7.43. The molecule has 0 aliphatic carbocycles. The third-order valence-corrected chi connectivity index (χ3v) is 1.53. The summed E-state index contributed by atoms with van der Waals surface area (Å²) in [6, 6.07) is 0. The number of carbonyl (C=O) groups excluding carboxylic acids is 1. The molecule has 8 heavy (non-hydrogen) atoms. The van der Waals surface area contributed by atoms with Crippen LogP contribution in [0.5, 0.6) is 0 Å². The molecule has 0 unspecified atom stereocenters. The summed E-state index contributed by atoms with van der Waals surface area (Å²) in [6.07, 6.45) is 0. The van der Waals surface area contributed by atoms with E-state index in [4.69, 9.17) is 0 Å². The van der Waals surface area contributed by atoms with E-state index in [9.17, 15) is 4.79 Å². The van der Waals surface area contributed by atoms with E-state index in [2.05, 4.69) is 50.5 Å². The average Bonchev–Trinajstić information content (AvgIpc) is 1.64. The fourth-order valence-electron chi connectivity index (χ4n) is 0.133. The molecular formula is C3H6OS4. The van der Waals surface area contributed by atoms with Crippen LogP contribution in [0.4, 0.5) is 0 Å². The minimum atomic E-state index is -0.560. The Balaban J connectivity index is 3.65. The molecular weight excluding hydrogens is 180 g/mol. The summed E-state index contributed by atoms with van der Waals surface area (Å²) in [5, 5.41) is 0. The van der Waals surface area contributed by atoms with E-state index in [1.165, 1.54) is 0 Å². The lowest BCUT2D eigenvalue weighted by molar-refractivity contribution is -0.115. The molecule has 1 nitrogen and oxygen atoms in total. The second-order valence-electron chi connectivity index (χ2n) is 1.15. The number of hydrogen-bond acceptors (Lipinski definition) is 5. The van der Waals surface area contributed by atoms with Crippen molar-refractivity contribution in [3.63, 3.8) is 0 Å². The number of thiol groups is 4. The minimum absolute atomic E-state index is 0.191. The van der Waals surface area contributed by atoms with Gasteiger partial charge in [-0.25, -0.2) is 0 Å². The molecule has 0 heterocycles. The first-order chi connectivity index (χ1) is 3.55. The van der Waals surface area contributed by atoms with Crippen LogP contribution in [0.2, 0.25) is 0 Å². The SMILES string of the molecule is O=C(C(S)S)C(S)S. The molecule has 0 atom stereocenters. The number of hydrogen-bond donors (Lipinski definition) is 4.